The lowest BCUT2D eigenvalue weighted by Crippen LogP contribution is -2.78. The molecule has 0 radical (unpaired) electrons. The van der Waals surface area contributed by atoms with Crippen LogP contribution in [0.15, 0.2) is 0 Å². The van der Waals surface area contributed by atoms with Gasteiger partial charge < -0.3 is 45.3 Å². The van der Waals surface area contributed by atoms with E-state index in [1.807, 2.05) is 0 Å². The Hall–Kier alpha value is -0.360. The van der Waals surface area contributed by atoms with Crippen molar-refractivity contribution in [3.05, 3.63) is 0 Å². The molecule has 2 heterocycles. The van der Waals surface area contributed by atoms with E-state index in [2.05, 4.69) is 10.6 Å². The minimum atomic E-state index is -2.03. The van der Waals surface area contributed by atoms with E-state index in [0.29, 0.717) is 0 Å². The first kappa shape index (κ1) is 17.5. The lowest BCUT2D eigenvalue weighted by atomic mass is 9.80. The summed E-state index contributed by atoms with van der Waals surface area (Å²) in [6.45, 7) is 1.76. The van der Waals surface area contributed by atoms with Gasteiger partial charge in [0, 0.05) is 6.42 Å². The highest BCUT2D eigenvalue weighted by Gasteiger charge is 2.63. The fourth-order valence-corrected chi connectivity index (χ4v) is 3.83. The van der Waals surface area contributed by atoms with Crippen LogP contribution in [0.4, 0.5) is 0 Å². The second-order valence-electron chi connectivity index (χ2n) is 6.58. The van der Waals surface area contributed by atoms with Crippen molar-refractivity contribution in [1.82, 2.24) is 10.6 Å². The first-order valence-corrected chi connectivity index (χ1v) is 7.93. The maximum absolute atomic E-state index is 10.7. The number of hydrogen-bond donors (Lipinski definition) is 6. The molecule has 0 aromatic heterocycles. The SMILES string of the molecule is CN[C@@H]1[C@H](O)[C@H](NC)[C@H]2O[C@]3(O)[C@H](O[C@@H]2[C@H]1O)O[C@H](C)C[C@@H]3O. The molecule has 0 unspecified atom stereocenters. The summed E-state index contributed by atoms with van der Waals surface area (Å²) in [6, 6.07) is -1.23. The predicted molar refractivity (Wildman–Crippen MR) is 77.4 cm³/mol. The van der Waals surface area contributed by atoms with Gasteiger partial charge >= 0.3 is 0 Å². The first-order valence-electron chi connectivity index (χ1n) is 7.93. The number of ether oxygens (including phenoxy) is 3. The molecule has 0 aromatic carbocycles. The van der Waals surface area contributed by atoms with Gasteiger partial charge in [-0.25, -0.2) is 0 Å². The summed E-state index contributed by atoms with van der Waals surface area (Å²) in [5, 5.41) is 47.7. The van der Waals surface area contributed by atoms with E-state index in [-0.39, 0.29) is 12.5 Å². The van der Waals surface area contributed by atoms with Gasteiger partial charge in [0.15, 0.2) is 0 Å². The van der Waals surface area contributed by atoms with E-state index >= 15 is 0 Å². The van der Waals surface area contributed by atoms with E-state index < -0.39 is 54.7 Å². The van der Waals surface area contributed by atoms with E-state index in [0.717, 1.165) is 0 Å². The molecule has 3 fully saturated rings. The van der Waals surface area contributed by atoms with E-state index in [4.69, 9.17) is 14.2 Å². The van der Waals surface area contributed by atoms with Gasteiger partial charge in [-0.3, -0.25) is 0 Å². The Balaban J connectivity index is 1.91. The fraction of sp³-hybridized carbons (Fsp3) is 1.00. The van der Waals surface area contributed by atoms with Crippen LogP contribution in [0, 0.1) is 0 Å². The van der Waals surface area contributed by atoms with Crippen molar-refractivity contribution < 1.29 is 34.6 Å². The Morgan fingerprint density at radius 3 is 2.22 bits per heavy atom. The van der Waals surface area contributed by atoms with Crippen molar-refractivity contribution in [3.8, 4) is 0 Å². The van der Waals surface area contributed by atoms with Crippen LogP contribution >= 0.6 is 0 Å². The van der Waals surface area contributed by atoms with Gasteiger partial charge in [-0.05, 0) is 21.0 Å². The molecule has 3 rings (SSSR count). The van der Waals surface area contributed by atoms with Crippen LogP contribution in [0.2, 0.25) is 0 Å². The minimum absolute atomic E-state index is 0.197. The van der Waals surface area contributed by atoms with Gasteiger partial charge in [-0.2, -0.15) is 0 Å². The zero-order valence-electron chi connectivity index (χ0n) is 13.4. The van der Waals surface area contributed by atoms with E-state index in [9.17, 15) is 20.4 Å². The summed E-state index contributed by atoms with van der Waals surface area (Å²) in [5.41, 5.74) is 0. The smallest absolute Gasteiger partial charge is 0.245 e. The van der Waals surface area contributed by atoms with Crippen molar-refractivity contribution in [3.63, 3.8) is 0 Å². The Labute approximate surface area is 134 Å². The standard InChI is InChI=1S/C14H26N2O7/c1-5-4-6(17)14(20)13(21-5)22-12-10(19)7(15-2)9(18)8(16-3)11(12)23-14/h5-13,15-20H,4H2,1-3H3/t5-,6+,7-,8+,9+,10+,11-,12-,13+,14+/m1/s1. The molecule has 0 spiro atoms. The third-order valence-electron chi connectivity index (χ3n) is 5.12. The number of nitrogens with one attached hydrogen (secondary N) is 2. The number of hydrogen-bond acceptors (Lipinski definition) is 9. The number of likely N-dealkylation sites (N-methyl/N-ethyl adjacent to an activating group) is 2. The molecule has 23 heavy (non-hydrogen) atoms. The Morgan fingerprint density at radius 2 is 1.61 bits per heavy atom. The van der Waals surface area contributed by atoms with Crippen LogP contribution in [-0.4, -0.2) is 95.3 Å². The molecule has 9 nitrogen and oxygen atoms in total. The van der Waals surface area contributed by atoms with Crippen LogP contribution in [0.3, 0.4) is 0 Å². The lowest BCUT2D eigenvalue weighted by Gasteiger charge is -2.57. The quantitative estimate of drug-likeness (QED) is 0.310. The largest absolute Gasteiger partial charge is 0.390 e. The van der Waals surface area contributed by atoms with Gasteiger partial charge in [0.1, 0.15) is 24.4 Å². The molecular formula is C14H26N2O7. The summed E-state index contributed by atoms with van der Waals surface area (Å²) in [5.74, 6) is -2.03. The predicted octanol–water partition coefficient (Wildman–Crippen LogP) is -3.13. The summed E-state index contributed by atoms with van der Waals surface area (Å²) < 4.78 is 17.0. The molecule has 6 N–H and O–H groups in total. The molecule has 3 aliphatic rings. The fourth-order valence-electron chi connectivity index (χ4n) is 3.83. The van der Waals surface area contributed by atoms with Crippen molar-refractivity contribution in [2.24, 2.45) is 0 Å². The molecule has 1 aliphatic carbocycles. The zero-order valence-corrected chi connectivity index (χ0v) is 13.4. The van der Waals surface area contributed by atoms with Crippen molar-refractivity contribution >= 4 is 0 Å². The summed E-state index contributed by atoms with van der Waals surface area (Å²) >= 11 is 0. The van der Waals surface area contributed by atoms with Crippen molar-refractivity contribution in [2.45, 2.75) is 74.1 Å². The van der Waals surface area contributed by atoms with Crippen LogP contribution in [0.5, 0.6) is 0 Å². The second-order valence-corrected chi connectivity index (χ2v) is 6.58. The molecular weight excluding hydrogens is 308 g/mol. The number of aliphatic hydroxyl groups is 4. The van der Waals surface area contributed by atoms with Crippen LogP contribution < -0.4 is 10.6 Å². The molecule has 2 saturated heterocycles. The Kier molecular flexibility index (Phi) is 4.69. The molecule has 0 bridgehead atoms. The topological polar surface area (TPSA) is 133 Å². The average molecular weight is 334 g/mol. The summed E-state index contributed by atoms with van der Waals surface area (Å²) in [7, 11) is 3.28. The summed E-state index contributed by atoms with van der Waals surface area (Å²) in [4.78, 5) is 0. The molecule has 134 valence electrons. The third kappa shape index (κ3) is 2.60. The molecule has 1 saturated carbocycles. The molecule has 9 heteroatoms. The number of aliphatic hydroxyl groups excluding tert-OH is 3. The van der Waals surface area contributed by atoms with Crippen LogP contribution in [0.25, 0.3) is 0 Å². The van der Waals surface area contributed by atoms with Gasteiger partial charge in [-0.1, -0.05) is 0 Å². The monoisotopic (exact) mass is 334 g/mol. The van der Waals surface area contributed by atoms with E-state index in [1.54, 1.807) is 21.0 Å². The maximum atomic E-state index is 10.7. The van der Waals surface area contributed by atoms with Crippen LogP contribution in [0.1, 0.15) is 13.3 Å². The maximum Gasteiger partial charge on any atom is 0.245 e. The molecule has 0 amide bonds. The second kappa shape index (κ2) is 6.17. The minimum Gasteiger partial charge on any atom is -0.390 e. The Bertz CT molecular complexity index is 441. The number of rotatable bonds is 2. The Morgan fingerprint density at radius 1 is 0.957 bits per heavy atom. The molecule has 0 aromatic rings. The highest BCUT2D eigenvalue weighted by Crippen LogP contribution is 2.41. The van der Waals surface area contributed by atoms with Gasteiger partial charge in [0.2, 0.25) is 12.1 Å². The van der Waals surface area contributed by atoms with Gasteiger partial charge in [0.25, 0.3) is 0 Å². The first-order chi connectivity index (χ1) is 10.8. The normalized spacial score (nSPS) is 56.7. The van der Waals surface area contributed by atoms with Crippen LogP contribution in [-0.2, 0) is 14.2 Å². The molecule has 2 aliphatic heterocycles. The highest BCUT2D eigenvalue weighted by atomic mass is 16.8. The summed E-state index contributed by atoms with van der Waals surface area (Å²) in [6.07, 6.45) is -6.21. The number of fused-ring (bicyclic) bond motifs is 2. The zero-order chi connectivity index (χ0) is 16.9. The average Bonchev–Trinajstić information content (AvgIpc) is 2.49. The highest BCUT2D eigenvalue weighted by molar-refractivity contribution is 5.09. The van der Waals surface area contributed by atoms with E-state index in [1.165, 1.54) is 0 Å². The van der Waals surface area contributed by atoms with Crippen molar-refractivity contribution in [1.29, 1.82) is 0 Å². The molecule has 10 atom stereocenters. The van der Waals surface area contributed by atoms with Crippen molar-refractivity contribution in [2.75, 3.05) is 14.1 Å². The third-order valence-corrected chi connectivity index (χ3v) is 5.12. The van der Waals surface area contributed by atoms with Gasteiger partial charge in [0.05, 0.1) is 24.3 Å². The lowest BCUT2D eigenvalue weighted by molar-refractivity contribution is -0.462. The van der Waals surface area contributed by atoms with Gasteiger partial charge in [-0.15, -0.1) is 0 Å².